The molecule has 1 aliphatic heterocycles. The lowest BCUT2D eigenvalue weighted by Crippen LogP contribution is -2.50. The summed E-state index contributed by atoms with van der Waals surface area (Å²) in [5, 5.41) is 2.53. The van der Waals surface area contributed by atoms with Crippen LogP contribution >= 0.6 is 0 Å². The quantitative estimate of drug-likeness (QED) is 0.254. The fourth-order valence-electron chi connectivity index (χ4n) is 6.11. The van der Waals surface area contributed by atoms with Gasteiger partial charge in [-0.2, -0.15) is 0 Å². The van der Waals surface area contributed by atoms with Crippen LogP contribution in [0.25, 0.3) is 21.9 Å². The first-order valence-electron chi connectivity index (χ1n) is 15.2. The van der Waals surface area contributed by atoms with E-state index in [9.17, 15) is 0 Å². The predicted octanol–water partition coefficient (Wildman–Crippen LogP) is 8.68. The summed E-state index contributed by atoms with van der Waals surface area (Å²) < 4.78 is 19.8. The van der Waals surface area contributed by atoms with Gasteiger partial charge in [0, 0.05) is 6.32 Å². The van der Waals surface area contributed by atoms with E-state index < -0.39 is 0 Å². The highest BCUT2D eigenvalue weighted by Gasteiger charge is 2.51. The maximum Gasteiger partial charge on any atom is 0.462 e. The summed E-state index contributed by atoms with van der Waals surface area (Å²) in [6.07, 6.45) is 1.83. The maximum absolute atomic E-state index is 6.99. The van der Waals surface area contributed by atoms with Crippen LogP contribution in [0.15, 0.2) is 54.6 Å². The summed E-state index contributed by atoms with van der Waals surface area (Å²) in [6.45, 7) is 26.7. The van der Waals surface area contributed by atoms with Crippen molar-refractivity contribution in [3.8, 4) is 11.1 Å². The first-order valence-corrected chi connectivity index (χ1v) is 15.2. The molecule has 0 N–H and O–H groups in total. The molecular formula is C35H50B2O3. The van der Waals surface area contributed by atoms with Crippen LogP contribution in [0.5, 0.6) is 0 Å². The lowest BCUT2D eigenvalue weighted by atomic mass is 9.58. The Labute approximate surface area is 244 Å². The Kier molecular flexibility index (Phi) is 8.47. The van der Waals surface area contributed by atoms with Gasteiger partial charge in [-0.25, -0.2) is 0 Å². The minimum Gasteiger partial charge on any atom is -0.426 e. The molecule has 40 heavy (non-hydrogen) atoms. The van der Waals surface area contributed by atoms with Gasteiger partial charge in [-0.05, 0) is 98.3 Å². The number of benzene rings is 3. The van der Waals surface area contributed by atoms with Gasteiger partial charge in [0.25, 0.3) is 0 Å². The monoisotopic (exact) mass is 540 g/mol. The second kappa shape index (κ2) is 11.0. The average molecular weight is 540 g/mol. The molecule has 0 aromatic heterocycles. The van der Waals surface area contributed by atoms with E-state index in [1.165, 1.54) is 38.5 Å². The predicted molar refractivity (Wildman–Crippen MR) is 174 cm³/mol. The Hall–Kier alpha value is -2.07. The van der Waals surface area contributed by atoms with Crippen LogP contribution in [0.3, 0.4) is 0 Å². The van der Waals surface area contributed by atoms with Crippen LogP contribution in [0.1, 0.15) is 86.8 Å². The van der Waals surface area contributed by atoms with E-state index in [0.29, 0.717) is 12.2 Å². The van der Waals surface area contributed by atoms with Crippen molar-refractivity contribution in [1.29, 1.82) is 0 Å². The summed E-state index contributed by atoms with van der Waals surface area (Å²) in [7, 11) is -0.280. The van der Waals surface area contributed by atoms with E-state index >= 15 is 0 Å². The molecule has 0 amide bonds. The second-order valence-corrected chi connectivity index (χ2v) is 14.0. The first-order chi connectivity index (χ1) is 18.5. The van der Waals surface area contributed by atoms with Gasteiger partial charge < -0.3 is 14.0 Å². The van der Waals surface area contributed by atoms with Gasteiger partial charge in [-0.3, -0.25) is 0 Å². The summed E-state index contributed by atoms with van der Waals surface area (Å²) in [6, 6.07) is 19.8. The van der Waals surface area contributed by atoms with Crippen molar-refractivity contribution in [2.75, 3.05) is 0 Å². The summed E-state index contributed by atoms with van der Waals surface area (Å²) in [5.41, 5.74) is 5.25. The molecule has 1 fully saturated rings. The summed E-state index contributed by atoms with van der Waals surface area (Å²) in [5.74, 6) is 0.543. The van der Waals surface area contributed by atoms with Crippen molar-refractivity contribution in [1.82, 2.24) is 0 Å². The van der Waals surface area contributed by atoms with E-state index in [1.54, 1.807) is 0 Å². The van der Waals surface area contributed by atoms with Crippen molar-refractivity contribution in [3.63, 3.8) is 0 Å². The molecule has 214 valence electrons. The zero-order chi connectivity index (χ0) is 29.7. The van der Waals surface area contributed by atoms with Gasteiger partial charge in [0.2, 0.25) is 0 Å². The van der Waals surface area contributed by atoms with Crippen LogP contribution in [-0.2, 0) is 20.3 Å². The summed E-state index contributed by atoms with van der Waals surface area (Å²) >= 11 is 0. The zero-order valence-electron chi connectivity index (χ0n) is 27.1. The molecule has 0 aliphatic carbocycles. The molecule has 0 bridgehead atoms. The third-order valence-corrected chi connectivity index (χ3v) is 10.6. The standard InChI is InChI=1S/C35H50B2O3/c1-13-24(2)32(4,5)33(6,7)38-36(12)31-22-30(25(3)27-19-16-17-21-29(27)31)28-20-15-14-18-26(28)23-37-39-34(8,9)35(10,11)40-37/h14-22,24H,13,23H2,1-12H3. The number of rotatable bonds is 9. The molecular weight excluding hydrogens is 490 g/mol. The molecule has 1 aliphatic rings. The molecule has 3 nitrogen and oxygen atoms in total. The third-order valence-electron chi connectivity index (χ3n) is 10.6. The molecule has 3 aromatic rings. The average Bonchev–Trinajstić information content (AvgIpc) is 3.09. The third kappa shape index (κ3) is 5.54. The van der Waals surface area contributed by atoms with E-state index in [4.69, 9.17) is 14.0 Å². The normalized spacial score (nSPS) is 17.9. The minimum atomic E-state index is -0.346. The van der Waals surface area contributed by atoms with Gasteiger partial charge in [0.05, 0.1) is 16.8 Å². The number of hydrogen-bond acceptors (Lipinski definition) is 3. The molecule has 1 heterocycles. The van der Waals surface area contributed by atoms with Crippen molar-refractivity contribution >= 4 is 30.3 Å². The Balaban J connectivity index is 1.78. The van der Waals surface area contributed by atoms with Crippen LogP contribution in [0.4, 0.5) is 0 Å². The van der Waals surface area contributed by atoms with E-state index in [0.717, 1.165) is 6.42 Å². The molecule has 1 unspecified atom stereocenters. The fourth-order valence-corrected chi connectivity index (χ4v) is 6.11. The Morgan fingerprint density at radius 2 is 1.43 bits per heavy atom. The van der Waals surface area contributed by atoms with Crippen molar-refractivity contribution in [3.05, 3.63) is 65.7 Å². The van der Waals surface area contributed by atoms with Crippen LogP contribution in [0.2, 0.25) is 6.82 Å². The van der Waals surface area contributed by atoms with Crippen LogP contribution in [0, 0.1) is 18.3 Å². The SMILES string of the molecule is CCC(C)C(C)(C)C(C)(C)OB(C)c1cc(-c2ccccc2CB2OC(C)(C)C(C)(C)O2)c(C)c2ccccc12. The highest BCUT2D eigenvalue weighted by molar-refractivity contribution is 6.69. The Bertz CT molecular complexity index is 1340. The zero-order valence-corrected chi connectivity index (χ0v) is 27.1. The highest BCUT2D eigenvalue weighted by Crippen LogP contribution is 2.43. The van der Waals surface area contributed by atoms with Crippen LogP contribution in [-0.4, -0.2) is 30.8 Å². The molecule has 4 rings (SSSR count). The smallest absolute Gasteiger partial charge is 0.426 e. The van der Waals surface area contributed by atoms with E-state index in [2.05, 4.69) is 138 Å². The lowest BCUT2D eigenvalue weighted by molar-refractivity contribution is -0.0451. The van der Waals surface area contributed by atoms with Gasteiger partial charge >= 0.3 is 14.0 Å². The number of hydrogen-bond donors (Lipinski definition) is 0. The molecule has 0 radical (unpaired) electrons. The second-order valence-electron chi connectivity index (χ2n) is 14.0. The molecule has 0 saturated carbocycles. The van der Waals surface area contributed by atoms with Gasteiger partial charge in [0.1, 0.15) is 0 Å². The van der Waals surface area contributed by atoms with Crippen molar-refractivity contribution in [2.24, 2.45) is 11.3 Å². The molecule has 3 aromatic carbocycles. The summed E-state index contributed by atoms with van der Waals surface area (Å²) in [4.78, 5) is 0. The highest BCUT2D eigenvalue weighted by atomic mass is 16.7. The molecule has 1 saturated heterocycles. The number of fused-ring (bicyclic) bond motifs is 1. The maximum atomic E-state index is 6.99. The largest absolute Gasteiger partial charge is 0.462 e. The van der Waals surface area contributed by atoms with E-state index in [-0.39, 0.29) is 36.3 Å². The molecule has 5 heteroatoms. The lowest BCUT2D eigenvalue weighted by Gasteiger charge is -2.47. The number of aryl methyl sites for hydroxylation is 1. The fraction of sp³-hybridized carbons (Fsp3) is 0.543. The van der Waals surface area contributed by atoms with Crippen molar-refractivity contribution in [2.45, 2.75) is 113 Å². The van der Waals surface area contributed by atoms with Gasteiger partial charge in [-0.1, -0.05) is 95.5 Å². The van der Waals surface area contributed by atoms with E-state index in [1.807, 2.05) is 0 Å². The van der Waals surface area contributed by atoms with Crippen LogP contribution < -0.4 is 5.46 Å². The Morgan fingerprint density at radius 3 is 2.02 bits per heavy atom. The molecule has 1 atom stereocenters. The van der Waals surface area contributed by atoms with Gasteiger partial charge in [-0.15, -0.1) is 0 Å². The minimum absolute atomic E-state index is 0.0226. The van der Waals surface area contributed by atoms with Gasteiger partial charge in [0.15, 0.2) is 0 Å². The topological polar surface area (TPSA) is 27.7 Å². The molecule has 0 spiro atoms. The Morgan fingerprint density at radius 1 is 0.875 bits per heavy atom. The van der Waals surface area contributed by atoms with Crippen molar-refractivity contribution < 1.29 is 14.0 Å². The first kappa shape index (κ1) is 30.9.